The number of benzene rings is 1. The highest BCUT2D eigenvalue weighted by Gasteiger charge is 2.28. The number of halogens is 1. The normalized spacial score (nSPS) is 18.2. The first kappa shape index (κ1) is 13.9. The summed E-state index contributed by atoms with van der Waals surface area (Å²) in [6, 6.07) is 7.28. The van der Waals surface area contributed by atoms with Gasteiger partial charge in [-0.3, -0.25) is 4.79 Å². The van der Waals surface area contributed by atoms with Crippen molar-refractivity contribution in [2.24, 2.45) is 0 Å². The van der Waals surface area contributed by atoms with Crippen LogP contribution in [0.4, 0.5) is 4.79 Å². The van der Waals surface area contributed by atoms with Crippen LogP contribution in [0.3, 0.4) is 0 Å². The van der Waals surface area contributed by atoms with E-state index in [1.807, 2.05) is 18.2 Å². The van der Waals surface area contributed by atoms with E-state index in [0.717, 1.165) is 10.9 Å². The number of hydrogen-bond donors (Lipinski definition) is 1. The summed E-state index contributed by atoms with van der Waals surface area (Å²) in [7, 11) is 1.33. The van der Waals surface area contributed by atoms with E-state index in [-0.39, 0.29) is 11.9 Å². The second-order valence-corrected chi connectivity index (χ2v) is 5.21. The summed E-state index contributed by atoms with van der Waals surface area (Å²) in [6.07, 6.45) is 0.283. The molecule has 1 aromatic carbocycles. The zero-order valence-corrected chi connectivity index (χ0v) is 12.1. The predicted octanol–water partition coefficient (Wildman–Crippen LogP) is 2.02. The second-order valence-electron chi connectivity index (χ2n) is 4.35. The Balaban J connectivity index is 1.99. The number of amides is 2. The molecule has 1 N–H and O–H groups in total. The van der Waals surface area contributed by atoms with Crippen LogP contribution in [0.15, 0.2) is 28.7 Å². The van der Waals surface area contributed by atoms with Crippen molar-refractivity contribution in [2.45, 2.75) is 12.5 Å². The summed E-state index contributed by atoms with van der Waals surface area (Å²) in [5.41, 5.74) is 0.640. The first-order chi connectivity index (χ1) is 9.11. The van der Waals surface area contributed by atoms with Gasteiger partial charge in [-0.2, -0.15) is 0 Å². The fourth-order valence-corrected chi connectivity index (χ4v) is 2.55. The van der Waals surface area contributed by atoms with Crippen LogP contribution in [0, 0.1) is 0 Å². The molecule has 0 aromatic heterocycles. The maximum Gasteiger partial charge on any atom is 0.407 e. The quantitative estimate of drug-likeness (QED) is 0.904. The van der Waals surface area contributed by atoms with Crippen molar-refractivity contribution in [3.05, 3.63) is 34.3 Å². The molecule has 19 heavy (non-hydrogen) atoms. The summed E-state index contributed by atoms with van der Waals surface area (Å²) < 4.78 is 5.33. The summed E-state index contributed by atoms with van der Waals surface area (Å²) in [4.78, 5) is 25.2. The van der Waals surface area contributed by atoms with Gasteiger partial charge in [0.05, 0.1) is 18.7 Å². The molecule has 0 spiro atoms. The molecule has 1 aliphatic heterocycles. The molecular weight excluding hydrogens is 312 g/mol. The Morgan fingerprint density at radius 2 is 2.16 bits per heavy atom. The van der Waals surface area contributed by atoms with E-state index in [9.17, 15) is 9.59 Å². The molecule has 1 heterocycles. The number of carbonyl (C=O) groups excluding carboxylic acids is 2. The molecule has 1 unspecified atom stereocenters. The number of alkyl carbamates (subject to hydrolysis) is 1. The molecule has 0 saturated carbocycles. The van der Waals surface area contributed by atoms with Crippen LogP contribution in [0.25, 0.3) is 0 Å². The van der Waals surface area contributed by atoms with E-state index in [1.54, 1.807) is 11.0 Å². The summed E-state index contributed by atoms with van der Waals surface area (Å²) in [5.74, 6) is -0.0263. The van der Waals surface area contributed by atoms with Gasteiger partial charge in [-0.05, 0) is 34.5 Å². The number of ether oxygens (including phenoxy) is 1. The van der Waals surface area contributed by atoms with Gasteiger partial charge >= 0.3 is 6.09 Å². The maximum absolute atomic E-state index is 12.3. The Bertz CT molecular complexity index is 493. The molecule has 2 amide bonds. The molecule has 2 rings (SSSR count). The maximum atomic E-state index is 12.3. The lowest BCUT2D eigenvalue weighted by molar-refractivity contribution is 0.0787. The minimum absolute atomic E-state index is 0.0263. The smallest absolute Gasteiger partial charge is 0.407 e. The Hall–Kier alpha value is -1.56. The molecule has 6 heteroatoms. The summed E-state index contributed by atoms with van der Waals surface area (Å²) in [5, 5.41) is 2.71. The van der Waals surface area contributed by atoms with Gasteiger partial charge < -0.3 is 15.0 Å². The lowest BCUT2D eigenvalue weighted by Gasteiger charge is -2.17. The second kappa shape index (κ2) is 6.06. The van der Waals surface area contributed by atoms with Gasteiger partial charge in [0.25, 0.3) is 5.91 Å². The lowest BCUT2D eigenvalue weighted by atomic mass is 10.2. The van der Waals surface area contributed by atoms with Crippen LogP contribution in [0.1, 0.15) is 16.8 Å². The van der Waals surface area contributed by atoms with E-state index in [2.05, 4.69) is 26.0 Å². The average Bonchev–Trinajstić information content (AvgIpc) is 2.87. The van der Waals surface area contributed by atoms with Crippen molar-refractivity contribution in [1.29, 1.82) is 0 Å². The molecule has 1 saturated heterocycles. The molecule has 1 aromatic rings. The molecule has 0 aliphatic carbocycles. The minimum atomic E-state index is -0.458. The number of hydrogen-bond acceptors (Lipinski definition) is 3. The number of rotatable bonds is 2. The standard InChI is InChI=1S/C13H15BrN2O3/c1-19-13(18)15-9-6-7-16(8-9)12(17)10-4-2-3-5-11(10)14/h2-5,9H,6-8H2,1H3,(H,15,18). The number of nitrogens with one attached hydrogen (secondary N) is 1. The topological polar surface area (TPSA) is 58.6 Å². The fraction of sp³-hybridized carbons (Fsp3) is 0.385. The van der Waals surface area contributed by atoms with Gasteiger partial charge in [-0.15, -0.1) is 0 Å². The first-order valence-corrected chi connectivity index (χ1v) is 6.79. The van der Waals surface area contributed by atoms with Crippen LogP contribution < -0.4 is 5.32 Å². The Morgan fingerprint density at radius 1 is 1.42 bits per heavy atom. The zero-order valence-electron chi connectivity index (χ0n) is 10.6. The van der Waals surface area contributed by atoms with Crippen molar-refractivity contribution >= 4 is 27.9 Å². The van der Waals surface area contributed by atoms with Crippen molar-refractivity contribution in [1.82, 2.24) is 10.2 Å². The molecule has 1 aliphatic rings. The molecule has 102 valence electrons. The van der Waals surface area contributed by atoms with Crippen LogP contribution in [0.5, 0.6) is 0 Å². The van der Waals surface area contributed by atoms with Gasteiger partial charge in [0.1, 0.15) is 0 Å². The number of likely N-dealkylation sites (tertiary alicyclic amines) is 1. The Kier molecular flexibility index (Phi) is 4.42. The van der Waals surface area contributed by atoms with E-state index < -0.39 is 6.09 Å². The predicted molar refractivity (Wildman–Crippen MR) is 74.0 cm³/mol. The monoisotopic (exact) mass is 326 g/mol. The lowest BCUT2D eigenvalue weighted by Crippen LogP contribution is -2.38. The van der Waals surface area contributed by atoms with E-state index in [4.69, 9.17) is 0 Å². The number of nitrogens with zero attached hydrogens (tertiary/aromatic N) is 1. The van der Waals surface area contributed by atoms with Crippen molar-refractivity contribution in [3.63, 3.8) is 0 Å². The van der Waals surface area contributed by atoms with Crippen LogP contribution >= 0.6 is 15.9 Å². The third-order valence-electron chi connectivity index (χ3n) is 3.09. The highest BCUT2D eigenvalue weighted by molar-refractivity contribution is 9.10. The Labute approximate surface area is 120 Å². The molecule has 0 radical (unpaired) electrons. The average molecular weight is 327 g/mol. The third kappa shape index (κ3) is 3.26. The zero-order chi connectivity index (χ0) is 13.8. The van der Waals surface area contributed by atoms with Crippen molar-refractivity contribution < 1.29 is 14.3 Å². The molecule has 0 bridgehead atoms. The SMILES string of the molecule is COC(=O)NC1CCN(C(=O)c2ccccc2Br)C1. The van der Waals surface area contributed by atoms with Crippen molar-refractivity contribution in [2.75, 3.05) is 20.2 Å². The molecular formula is C13H15BrN2O3. The van der Waals surface area contributed by atoms with Crippen LogP contribution in [-0.2, 0) is 4.74 Å². The van der Waals surface area contributed by atoms with E-state index in [0.29, 0.717) is 18.7 Å². The highest BCUT2D eigenvalue weighted by atomic mass is 79.9. The van der Waals surface area contributed by atoms with Gasteiger partial charge in [0.15, 0.2) is 0 Å². The van der Waals surface area contributed by atoms with Crippen LogP contribution in [0.2, 0.25) is 0 Å². The van der Waals surface area contributed by atoms with Gasteiger partial charge in [0, 0.05) is 17.6 Å². The third-order valence-corrected chi connectivity index (χ3v) is 3.78. The fourth-order valence-electron chi connectivity index (χ4n) is 2.09. The number of carbonyl (C=O) groups is 2. The molecule has 5 nitrogen and oxygen atoms in total. The van der Waals surface area contributed by atoms with E-state index in [1.165, 1.54) is 7.11 Å². The minimum Gasteiger partial charge on any atom is -0.453 e. The molecule has 1 atom stereocenters. The van der Waals surface area contributed by atoms with Gasteiger partial charge in [-0.25, -0.2) is 4.79 Å². The summed E-state index contributed by atoms with van der Waals surface area (Å²) >= 11 is 3.37. The van der Waals surface area contributed by atoms with Gasteiger partial charge in [-0.1, -0.05) is 12.1 Å². The van der Waals surface area contributed by atoms with Gasteiger partial charge in [0.2, 0.25) is 0 Å². The number of methoxy groups -OCH3 is 1. The van der Waals surface area contributed by atoms with Crippen molar-refractivity contribution in [3.8, 4) is 0 Å². The highest BCUT2D eigenvalue weighted by Crippen LogP contribution is 2.20. The largest absolute Gasteiger partial charge is 0.453 e. The van der Waals surface area contributed by atoms with E-state index >= 15 is 0 Å². The van der Waals surface area contributed by atoms with Crippen LogP contribution in [-0.4, -0.2) is 43.1 Å². The molecule has 1 fully saturated rings. The first-order valence-electron chi connectivity index (χ1n) is 6.00. The Morgan fingerprint density at radius 3 is 2.84 bits per heavy atom. The summed E-state index contributed by atoms with van der Waals surface area (Å²) in [6.45, 7) is 1.14.